The molecule has 5 heteroatoms. The van der Waals surface area contributed by atoms with Crippen molar-refractivity contribution in [2.24, 2.45) is 0 Å². The van der Waals surface area contributed by atoms with Gasteiger partial charge in [-0.3, -0.25) is 10.1 Å². The van der Waals surface area contributed by atoms with Gasteiger partial charge in [-0.1, -0.05) is 4.59 Å². The zero-order valence-corrected chi connectivity index (χ0v) is 6.76. The molecule has 0 bridgehead atoms. The smallest absolute Gasteiger partial charge is 1.00 e. The molecule has 0 amide bonds. The monoisotopic (exact) mass is 127 g/mol. The molecule has 0 heterocycles. The minimum absolute atomic E-state index is 0. The first-order valence-corrected chi connectivity index (χ1v) is 5.54. The van der Waals surface area contributed by atoms with E-state index in [1.54, 1.807) is 19.6 Å². The van der Waals surface area contributed by atoms with Gasteiger partial charge in [0.05, 0.1) is 0 Å². The van der Waals surface area contributed by atoms with Crippen LogP contribution in [0.25, 0.3) is 0 Å². The van der Waals surface area contributed by atoms with E-state index in [1.807, 2.05) is 0 Å². The fourth-order valence-electron chi connectivity index (χ4n) is 0. The molecule has 0 fully saturated rings. The fraction of sp³-hybridized carbons (Fsp3) is 1.00. The summed E-state index contributed by atoms with van der Waals surface area (Å²) in [5.74, 6) is 0. The van der Waals surface area contributed by atoms with Crippen molar-refractivity contribution in [3.63, 3.8) is 0 Å². The van der Waals surface area contributed by atoms with Crippen molar-refractivity contribution in [2.45, 2.75) is 19.6 Å². The van der Waals surface area contributed by atoms with Gasteiger partial charge in [0, 0.05) is 0 Å². The zero-order chi connectivity index (χ0) is 6.08. The third-order valence-electron chi connectivity index (χ3n) is 0.548. The summed E-state index contributed by atoms with van der Waals surface area (Å²) in [6.07, 6.45) is 0. The first-order chi connectivity index (χ1) is 2.94. The SMILES string of the molecule is C[Si](C)(C)[N+](=O)[O-].[H-].[Li+]. The van der Waals surface area contributed by atoms with Gasteiger partial charge < -0.3 is 1.43 Å². The molecule has 0 atom stereocenters. The maximum Gasteiger partial charge on any atom is 1.00 e. The summed E-state index contributed by atoms with van der Waals surface area (Å²) in [6, 6.07) is 0. The topological polar surface area (TPSA) is 43.1 Å². The molecule has 0 N–H and O–H groups in total. The fourth-order valence-corrected chi connectivity index (χ4v) is 0. The Morgan fingerprint density at radius 3 is 1.62 bits per heavy atom. The number of nitrogens with zero attached hydrogens (tertiary/aromatic N) is 1. The van der Waals surface area contributed by atoms with Crippen LogP contribution in [0.4, 0.5) is 0 Å². The van der Waals surface area contributed by atoms with Gasteiger partial charge >= 0.3 is 27.1 Å². The summed E-state index contributed by atoms with van der Waals surface area (Å²) in [6.45, 7) is 5.10. The molecule has 0 aliphatic rings. The van der Waals surface area contributed by atoms with Crippen molar-refractivity contribution in [3.8, 4) is 0 Å². The molecular formula is C3H10LiNO2Si. The molecule has 3 nitrogen and oxygen atoms in total. The van der Waals surface area contributed by atoms with Gasteiger partial charge in [-0.05, 0) is 19.6 Å². The molecular weight excluding hydrogens is 117 g/mol. The van der Waals surface area contributed by atoms with E-state index in [0.29, 0.717) is 0 Å². The third-order valence-corrected chi connectivity index (χ3v) is 1.64. The molecule has 0 spiro atoms. The Morgan fingerprint density at radius 1 is 1.50 bits per heavy atom. The molecule has 8 heavy (non-hydrogen) atoms. The molecule has 0 radical (unpaired) electrons. The standard InChI is InChI=1S/C3H9NO2Si.Li.H/c1-7(2,3)4(5)6;;/h1-3H3;;/q;+1;-1. The Labute approximate surface area is 63.4 Å². The summed E-state index contributed by atoms with van der Waals surface area (Å²) in [4.78, 5) is 9.89. The Bertz CT molecular complexity index is 94.3. The number of hydrogen-bond donors (Lipinski definition) is 0. The van der Waals surface area contributed by atoms with Crippen LogP contribution in [0.2, 0.25) is 19.6 Å². The Kier molecular flexibility index (Phi) is 4.54. The van der Waals surface area contributed by atoms with Crippen LogP contribution in [0, 0.1) is 10.1 Å². The van der Waals surface area contributed by atoms with E-state index in [2.05, 4.69) is 0 Å². The van der Waals surface area contributed by atoms with Crippen LogP contribution in [0.5, 0.6) is 0 Å². The molecule has 0 aromatic heterocycles. The number of nitro groups is 1. The summed E-state index contributed by atoms with van der Waals surface area (Å²) >= 11 is 0. The van der Waals surface area contributed by atoms with Gasteiger partial charge in [0.1, 0.15) is 0 Å². The van der Waals surface area contributed by atoms with Crippen LogP contribution < -0.4 is 18.9 Å². The van der Waals surface area contributed by atoms with Crippen LogP contribution in [0.3, 0.4) is 0 Å². The first-order valence-electron chi connectivity index (χ1n) is 2.09. The van der Waals surface area contributed by atoms with Gasteiger partial charge in [0.25, 0.3) is 0 Å². The zero-order valence-electron chi connectivity index (χ0n) is 6.76. The van der Waals surface area contributed by atoms with Crippen molar-refractivity contribution < 1.29 is 24.9 Å². The average Bonchev–Trinajstić information content (AvgIpc) is 1.31. The van der Waals surface area contributed by atoms with Gasteiger partial charge in [-0.25, -0.2) is 0 Å². The molecule has 0 aromatic carbocycles. The Balaban J connectivity index is -0.000000180. The van der Waals surface area contributed by atoms with E-state index in [-0.39, 0.29) is 24.9 Å². The Hall–Kier alpha value is 0.214. The number of rotatable bonds is 1. The summed E-state index contributed by atoms with van der Waals surface area (Å²) in [5.41, 5.74) is 0. The molecule has 0 saturated carbocycles. The molecule has 44 valence electrons. The van der Waals surface area contributed by atoms with E-state index in [4.69, 9.17) is 0 Å². The predicted octanol–water partition coefficient (Wildman–Crippen LogP) is -1.79. The number of hydrogen-bond acceptors (Lipinski definition) is 2. The van der Waals surface area contributed by atoms with Crippen LogP contribution >= 0.6 is 0 Å². The van der Waals surface area contributed by atoms with Gasteiger partial charge in [-0.15, -0.1) is 0 Å². The van der Waals surface area contributed by atoms with Crippen molar-refractivity contribution in [1.82, 2.24) is 0 Å². The van der Waals surface area contributed by atoms with E-state index < -0.39 is 8.24 Å². The van der Waals surface area contributed by atoms with Crippen molar-refractivity contribution in [3.05, 3.63) is 10.1 Å². The molecule has 0 unspecified atom stereocenters. The van der Waals surface area contributed by atoms with Crippen LogP contribution in [-0.2, 0) is 0 Å². The van der Waals surface area contributed by atoms with E-state index in [0.717, 1.165) is 0 Å². The van der Waals surface area contributed by atoms with E-state index in [9.17, 15) is 10.1 Å². The third kappa shape index (κ3) is 4.38. The van der Waals surface area contributed by atoms with Crippen molar-refractivity contribution in [2.75, 3.05) is 0 Å². The first kappa shape index (κ1) is 11.1. The van der Waals surface area contributed by atoms with Crippen LogP contribution in [0.1, 0.15) is 1.43 Å². The molecule has 0 saturated heterocycles. The normalized spacial score (nSPS) is 9.88. The van der Waals surface area contributed by atoms with Crippen molar-refractivity contribution in [1.29, 1.82) is 0 Å². The summed E-state index contributed by atoms with van der Waals surface area (Å²) in [7, 11) is -2.01. The largest absolute Gasteiger partial charge is 1.00 e. The minimum atomic E-state index is -2.01. The maximum absolute atomic E-state index is 9.89. The van der Waals surface area contributed by atoms with Crippen LogP contribution in [0.15, 0.2) is 0 Å². The van der Waals surface area contributed by atoms with E-state index in [1.165, 1.54) is 0 Å². The summed E-state index contributed by atoms with van der Waals surface area (Å²) < 4.78 is -0.174. The maximum atomic E-state index is 9.89. The average molecular weight is 127 g/mol. The van der Waals surface area contributed by atoms with Gasteiger partial charge in [0.15, 0.2) is 0 Å². The second-order valence-electron chi connectivity index (χ2n) is 2.43. The second kappa shape index (κ2) is 3.28. The molecule has 0 aliphatic carbocycles. The quantitative estimate of drug-likeness (QED) is 0.237. The predicted molar refractivity (Wildman–Crippen MR) is 31.5 cm³/mol. The van der Waals surface area contributed by atoms with Crippen molar-refractivity contribution >= 4 is 8.24 Å². The summed E-state index contributed by atoms with van der Waals surface area (Å²) in [5, 5.41) is 9.89. The van der Waals surface area contributed by atoms with Gasteiger partial charge in [0.2, 0.25) is 0 Å². The van der Waals surface area contributed by atoms with E-state index >= 15 is 0 Å². The molecule has 0 aromatic rings. The van der Waals surface area contributed by atoms with Gasteiger partial charge in [-0.2, -0.15) is 0 Å². The minimum Gasteiger partial charge on any atom is -1.00 e. The molecule has 0 rings (SSSR count). The Morgan fingerprint density at radius 2 is 1.62 bits per heavy atom. The molecule has 0 aliphatic heterocycles. The second-order valence-corrected chi connectivity index (χ2v) is 7.13. The van der Waals surface area contributed by atoms with Crippen LogP contribution in [-0.4, -0.2) is 12.8 Å².